The molecule has 0 unspecified atom stereocenters. The van der Waals surface area contributed by atoms with Gasteiger partial charge in [-0.05, 0) is 36.6 Å². The van der Waals surface area contributed by atoms with Gasteiger partial charge in [0.15, 0.2) is 0 Å². The number of benzene rings is 1. The van der Waals surface area contributed by atoms with Crippen LogP contribution >= 0.6 is 11.6 Å². The zero-order valence-corrected chi connectivity index (χ0v) is 11.3. The molecule has 0 saturated carbocycles. The quantitative estimate of drug-likeness (QED) is 0.856. The minimum absolute atomic E-state index is 0.426. The topological polar surface area (TPSA) is 55.0 Å². The SMILES string of the molecule is Nc1ccc2c(c1)CCCN2Cc1cnc(Cl)cn1. The van der Waals surface area contributed by atoms with Crippen molar-refractivity contribution in [3.8, 4) is 0 Å². The summed E-state index contributed by atoms with van der Waals surface area (Å²) in [6.45, 7) is 1.78. The molecule has 1 aromatic heterocycles. The maximum absolute atomic E-state index is 5.84. The Bertz CT molecular complexity index is 582. The average molecular weight is 275 g/mol. The first kappa shape index (κ1) is 12.2. The number of aromatic nitrogens is 2. The van der Waals surface area contributed by atoms with Crippen LogP contribution in [0.2, 0.25) is 5.15 Å². The molecule has 1 aromatic carbocycles. The Hall–Kier alpha value is -1.81. The number of rotatable bonds is 2. The minimum Gasteiger partial charge on any atom is -0.399 e. The zero-order valence-electron chi connectivity index (χ0n) is 10.5. The minimum atomic E-state index is 0.426. The molecule has 0 fully saturated rings. The molecule has 0 amide bonds. The second-order valence-electron chi connectivity index (χ2n) is 4.74. The number of fused-ring (bicyclic) bond motifs is 1. The molecular formula is C14H15ClN4. The highest BCUT2D eigenvalue weighted by molar-refractivity contribution is 6.29. The molecule has 5 heteroatoms. The van der Waals surface area contributed by atoms with Gasteiger partial charge in [0.25, 0.3) is 0 Å². The van der Waals surface area contributed by atoms with E-state index in [4.69, 9.17) is 17.3 Å². The lowest BCUT2D eigenvalue weighted by Gasteiger charge is -2.31. The van der Waals surface area contributed by atoms with Crippen LogP contribution in [0.25, 0.3) is 0 Å². The molecule has 0 radical (unpaired) electrons. The van der Waals surface area contributed by atoms with E-state index < -0.39 is 0 Å². The molecule has 4 nitrogen and oxygen atoms in total. The molecule has 98 valence electrons. The molecule has 1 aliphatic rings. The molecule has 0 spiro atoms. The van der Waals surface area contributed by atoms with Gasteiger partial charge in [0.1, 0.15) is 5.15 Å². The van der Waals surface area contributed by atoms with Gasteiger partial charge in [-0.25, -0.2) is 4.98 Å². The largest absolute Gasteiger partial charge is 0.399 e. The highest BCUT2D eigenvalue weighted by atomic mass is 35.5. The van der Waals surface area contributed by atoms with Gasteiger partial charge in [-0.2, -0.15) is 0 Å². The van der Waals surface area contributed by atoms with Gasteiger partial charge in [-0.1, -0.05) is 11.6 Å². The average Bonchev–Trinajstić information content (AvgIpc) is 2.41. The first-order valence-electron chi connectivity index (χ1n) is 6.32. The number of nitrogens with zero attached hydrogens (tertiary/aromatic N) is 3. The van der Waals surface area contributed by atoms with E-state index in [1.807, 2.05) is 6.07 Å². The van der Waals surface area contributed by atoms with Crippen molar-refractivity contribution in [1.82, 2.24) is 9.97 Å². The van der Waals surface area contributed by atoms with Gasteiger partial charge in [0.05, 0.1) is 24.6 Å². The van der Waals surface area contributed by atoms with Crippen molar-refractivity contribution in [2.45, 2.75) is 19.4 Å². The number of anilines is 2. The molecule has 3 rings (SSSR count). The fourth-order valence-corrected chi connectivity index (χ4v) is 2.57. The van der Waals surface area contributed by atoms with Gasteiger partial charge in [0, 0.05) is 17.9 Å². The molecule has 2 N–H and O–H groups in total. The van der Waals surface area contributed by atoms with Gasteiger partial charge in [-0.15, -0.1) is 0 Å². The number of aryl methyl sites for hydroxylation is 1. The van der Waals surface area contributed by atoms with Crippen LogP contribution in [0.4, 0.5) is 11.4 Å². The van der Waals surface area contributed by atoms with Crippen molar-refractivity contribution in [3.05, 3.63) is 47.0 Å². The van der Waals surface area contributed by atoms with E-state index in [9.17, 15) is 0 Å². The smallest absolute Gasteiger partial charge is 0.147 e. The van der Waals surface area contributed by atoms with Crippen LogP contribution in [-0.4, -0.2) is 16.5 Å². The van der Waals surface area contributed by atoms with Crippen LogP contribution in [0, 0.1) is 0 Å². The predicted octanol–water partition coefficient (Wildman–Crippen LogP) is 2.67. The summed E-state index contributed by atoms with van der Waals surface area (Å²) in [5.41, 5.74) is 10.2. The summed E-state index contributed by atoms with van der Waals surface area (Å²) in [6, 6.07) is 6.10. The van der Waals surface area contributed by atoms with Gasteiger partial charge in [-0.3, -0.25) is 4.98 Å². The Balaban J connectivity index is 1.85. The Morgan fingerprint density at radius 3 is 2.95 bits per heavy atom. The van der Waals surface area contributed by atoms with Crippen molar-refractivity contribution in [2.75, 3.05) is 17.2 Å². The van der Waals surface area contributed by atoms with Crippen LogP contribution in [-0.2, 0) is 13.0 Å². The summed E-state index contributed by atoms with van der Waals surface area (Å²) < 4.78 is 0. The molecule has 2 heterocycles. The number of nitrogens with two attached hydrogens (primary N) is 1. The first-order valence-corrected chi connectivity index (χ1v) is 6.70. The monoisotopic (exact) mass is 274 g/mol. The Morgan fingerprint density at radius 2 is 2.16 bits per heavy atom. The molecule has 19 heavy (non-hydrogen) atoms. The third-order valence-corrected chi connectivity index (χ3v) is 3.54. The lowest BCUT2D eigenvalue weighted by molar-refractivity contribution is 0.682. The van der Waals surface area contributed by atoms with E-state index in [1.165, 1.54) is 11.3 Å². The fourth-order valence-electron chi connectivity index (χ4n) is 2.48. The molecular weight excluding hydrogens is 260 g/mol. The van der Waals surface area contributed by atoms with Crippen molar-refractivity contribution in [2.24, 2.45) is 0 Å². The molecule has 2 aromatic rings. The van der Waals surface area contributed by atoms with Crippen LogP contribution in [0.3, 0.4) is 0 Å². The summed E-state index contributed by atoms with van der Waals surface area (Å²) in [5.74, 6) is 0. The van der Waals surface area contributed by atoms with Crippen LogP contribution < -0.4 is 10.6 Å². The molecule has 0 atom stereocenters. The summed E-state index contributed by atoms with van der Waals surface area (Å²) >= 11 is 5.75. The number of hydrogen-bond donors (Lipinski definition) is 1. The third-order valence-electron chi connectivity index (χ3n) is 3.35. The normalized spacial score (nSPS) is 14.3. The lowest BCUT2D eigenvalue weighted by Crippen LogP contribution is -2.29. The van der Waals surface area contributed by atoms with Crippen molar-refractivity contribution in [1.29, 1.82) is 0 Å². The lowest BCUT2D eigenvalue weighted by atomic mass is 10.0. The Labute approximate surface area is 117 Å². The van der Waals surface area contributed by atoms with Gasteiger partial charge in [0.2, 0.25) is 0 Å². The predicted molar refractivity (Wildman–Crippen MR) is 77.3 cm³/mol. The molecule has 0 saturated heterocycles. The van der Waals surface area contributed by atoms with E-state index in [-0.39, 0.29) is 0 Å². The van der Waals surface area contributed by atoms with Crippen LogP contribution in [0.5, 0.6) is 0 Å². The number of halogens is 1. The first-order chi connectivity index (χ1) is 9.22. The summed E-state index contributed by atoms with van der Waals surface area (Å²) in [6.07, 6.45) is 5.54. The number of hydrogen-bond acceptors (Lipinski definition) is 4. The van der Waals surface area contributed by atoms with E-state index in [0.29, 0.717) is 5.15 Å². The second kappa shape index (κ2) is 5.05. The van der Waals surface area contributed by atoms with E-state index in [2.05, 4.69) is 27.0 Å². The standard InChI is InChI=1S/C14H15ClN4/c15-14-8-17-12(7-18-14)9-19-5-1-2-10-6-11(16)3-4-13(10)19/h3-4,6-8H,1-2,5,9,16H2. The Kier molecular flexibility index (Phi) is 3.25. The van der Waals surface area contributed by atoms with Crippen LogP contribution in [0.15, 0.2) is 30.6 Å². The summed E-state index contributed by atoms with van der Waals surface area (Å²) in [4.78, 5) is 10.7. The number of nitrogen functional groups attached to an aromatic ring is 1. The van der Waals surface area contributed by atoms with Crippen LogP contribution in [0.1, 0.15) is 17.7 Å². The summed E-state index contributed by atoms with van der Waals surface area (Å²) in [7, 11) is 0. The highest BCUT2D eigenvalue weighted by Crippen LogP contribution is 2.29. The maximum atomic E-state index is 5.84. The van der Waals surface area contributed by atoms with E-state index >= 15 is 0 Å². The summed E-state index contributed by atoms with van der Waals surface area (Å²) in [5, 5.41) is 0.426. The van der Waals surface area contributed by atoms with Gasteiger partial charge >= 0.3 is 0 Å². The van der Waals surface area contributed by atoms with Crippen molar-refractivity contribution in [3.63, 3.8) is 0 Å². The molecule has 1 aliphatic heterocycles. The molecule has 0 bridgehead atoms. The van der Waals surface area contributed by atoms with Gasteiger partial charge < -0.3 is 10.6 Å². The van der Waals surface area contributed by atoms with E-state index in [0.717, 1.165) is 37.3 Å². The second-order valence-corrected chi connectivity index (χ2v) is 5.13. The van der Waals surface area contributed by atoms with E-state index in [1.54, 1.807) is 12.4 Å². The maximum Gasteiger partial charge on any atom is 0.147 e. The fraction of sp³-hybridized carbons (Fsp3) is 0.286. The third kappa shape index (κ3) is 2.63. The van der Waals surface area contributed by atoms with Crippen molar-refractivity contribution >= 4 is 23.0 Å². The highest BCUT2D eigenvalue weighted by Gasteiger charge is 2.17. The molecule has 0 aliphatic carbocycles. The van der Waals surface area contributed by atoms with Crippen molar-refractivity contribution < 1.29 is 0 Å². The Morgan fingerprint density at radius 1 is 1.26 bits per heavy atom. The zero-order chi connectivity index (χ0) is 13.2.